The van der Waals surface area contributed by atoms with Crippen LogP contribution in [0.5, 0.6) is 5.75 Å². The Kier molecular flexibility index (Phi) is 5.73. The normalized spacial score (nSPS) is 17.7. The van der Waals surface area contributed by atoms with Gasteiger partial charge in [-0.3, -0.25) is 4.98 Å². The molecule has 2 aromatic heterocycles. The smallest absolute Gasteiger partial charge is 0.246 e. The van der Waals surface area contributed by atoms with Gasteiger partial charge in [-0.15, -0.1) is 0 Å². The molecule has 3 aromatic rings. The van der Waals surface area contributed by atoms with Crippen molar-refractivity contribution in [1.29, 1.82) is 0 Å². The summed E-state index contributed by atoms with van der Waals surface area (Å²) in [4.78, 5) is 12.3. The van der Waals surface area contributed by atoms with E-state index >= 15 is 0 Å². The number of piperidine rings is 1. The molecule has 0 saturated carbocycles. The zero-order chi connectivity index (χ0) is 21.1. The Morgan fingerprint density at radius 3 is 2.97 bits per heavy atom. The molecule has 3 heterocycles. The van der Waals surface area contributed by atoms with Crippen LogP contribution in [0, 0.1) is 11.7 Å². The molecule has 0 spiro atoms. The maximum Gasteiger partial charge on any atom is 0.246 e. The number of hydrogen-bond acceptors (Lipinski definition) is 8. The fourth-order valence-corrected chi connectivity index (χ4v) is 5.23. The summed E-state index contributed by atoms with van der Waals surface area (Å²) in [6.45, 7) is 0.623. The van der Waals surface area contributed by atoms with Gasteiger partial charge in [0.25, 0.3) is 0 Å². The van der Waals surface area contributed by atoms with Crippen LogP contribution in [0.15, 0.2) is 46.2 Å². The minimum absolute atomic E-state index is 0.0109. The molecule has 0 unspecified atom stereocenters. The Hall–Kier alpha value is -2.92. The average molecular weight is 433 g/mol. The highest BCUT2D eigenvalue weighted by atomic mass is 32.2. The molecular weight excluding hydrogens is 413 g/mol. The van der Waals surface area contributed by atoms with Crippen LogP contribution in [0.1, 0.15) is 18.7 Å². The minimum atomic E-state index is -3.91. The van der Waals surface area contributed by atoms with Gasteiger partial charge in [-0.1, -0.05) is 5.16 Å². The number of aromatic nitrogens is 4. The van der Waals surface area contributed by atoms with Gasteiger partial charge in [0.1, 0.15) is 22.2 Å². The van der Waals surface area contributed by atoms with Crippen molar-refractivity contribution in [2.24, 2.45) is 5.92 Å². The Balaban J connectivity index is 1.50. The van der Waals surface area contributed by atoms with E-state index in [1.165, 1.54) is 35.9 Å². The third kappa shape index (κ3) is 4.17. The van der Waals surface area contributed by atoms with Crippen molar-refractivity contribution < 1.29 is 22.1 Å². The molecule has 1 fully saturated rings. The monoisotopic (exact) mass is 433 g/mol. The summed E-state index contributed by atoms with van der Waals surface area (Å²) in [6.07, 6.45) is 6.54. The summed E-state index contributed by atoms with van der Waals surface area (Å²) in [5.41, 5.74) is 0.499. The number of ether oxygens (including phenoxy) is 1. The Morgan fingerprint density at radius 1 is 1.33 bits per heavy atom. The second-order valence-corrected chi connectivity index (χ2v) is 8.88. The highest BCUT2D eigenvalue weighted by molar-refractivity contribution is 7.89. The van der Waals surface area contributed by atoms with E-state index in [0.717, 1.165) is 12.5 Å². The highest BCUT2D eigenvalue weighted by Gasteiger charge is 2.33. The summed E-state index contributed by atoms with van der Waals surface area (Å²) < 4.78 is 51.8. The van der Waals surface area contributed by atoms with Gasteiger partial charge < -0.3 is 9.26 Å². The number of halogens is 1. The Morgan fingerprint density at radius 2 is 2.20 bits per heavy atom. The number of sulfonamides is 1. The van der Waals surface area contributed by atoms with Crippen molar-refractivity contribution >= 4 is 10.0 Å². The zero-order valence-corrected chi connectivity index (χ0v) is 17.0. The lowest BCUT2D eigenvalue weighted by Crippen LogP contribution is -2.40. The maximum atomic E-state index is 13.7. The van der Waals surface area contributed by atoms with E-state index in [-0.39, 0.29) is 23.1 Å². The standard InChI is InChI=1S/C19H20FN5O4S/c1-28-16-5-4-14(20)10-17(16)30(26,27)25-8-2-3-13(12-25)9-18-23-19(24-29-18)15-11-21-6-7-22-15/h4-7,10-11,13H,2-3,8-9,12H2,1H3/t13-/m1/s1. The lowest BCUT2D eigenvalue weighted by atomic mass is 9.96. The van der Waals surface area contributed by atoms with Crippen molar-refractivity contribution in [3.05, 3.63) is 48.5 Å². The molecule has 0 aliphatic carbocycles. The van der Waals surface area contributed by atoms with Crippen LogP contribution in [-0.2, 0) is 16.4 Å². The first-order chi connectivity index (χ1) is 14.5. The first-order valence-corrected chi connectivity index (χ1v) is 10.8. The second-order valence-electron chi connectivity index (χ2n) is 6.97. The van der Waals surface area contributed by atoms with Crippen LogP contribution in [-0.4, -0.2) is 53.0 Å². The minimum Gasteiger partial charge on any atom is -0.495 e. The van der Waals surface area contributed by atoms with E-state index in [1.54, 1.807) is 6.20 Å². The highest BCUT2D eigenvalue weighted by Crippen LogP contribution is 2.31. The van der Waals surface area contributed by atoms with Crippen LogP contribution in [0.25, 0.3) is 11.5 Å². The number of methoxy groups -OCH3 is 1. The summed E-state index contributed by atoms with van der Waals surface area (Å²) in [5.74, 6) is 0.212. The van der Waals surface area contributed by atoms with Gasteiger partial charge in [0.2, 0.25) is 21.7 Å². The van der Waals surface area contributed by atoms with E-state index in [1.807, 2.05) is 0 Å². The Labute approximate surface area is 173 Å². The Bertz CT molecular complexity index is 1120. The average Bonchev–Trinajstić information content (AvgIpc) is 3.23. The van der Waals surface area contributed by atoms with Crippen LogP contribution in [0.2, 0.25) is 0 Å². The summed E-state index contributed by atoms with van der Waals surface area (Å²) in [7, 11) is -2.55. The molecule has 0 radical (unpaired) electrons. The molecule has 1 aromatic carbocycles. The quantitative estimate of drug-likeness (QED) is 0.582. The number of nitrogens with zero attached hydrogens (tertiary/aromatic N) is 5. The van der Waals surface area contributed by atoms with E-state index in [9.17, 15) is 12.8 Å². The molecule has 0 bridgehead atoms. The number of hydrogen-bond donors (Lipinski definition) is 0. The second kappa shape index (κ2) is 8.44. The van der Waals surface area contributed by atoms with E-state index in [0.29, 0.717) is 36.8 Å². The summed E-state index contributed by atoms with van der Waals surface area (Å²) in [6, 6.07) is 3.47. The van der Waals surface area contributed by atoms with Crippen LogP contribution >= 0.6 is 0 Å². The first kappa shape index (κ1) is 20.4. The van der Waals surface area contributed by atoms with Gasteiger partial charge in [0, 0.05) is 31.9 Å². The van der Waals surface area contributed by atoms with Gasteiger partial charge >= 0.3 is 0 Å². The fourth-order valence-electron chi connectivity index (χ4n) is 3.51. The maximum absolute atomic E-state index is 13.7. The molecule has 1 saturated heterocycles. The topological polar surface area (TPSA) is 111 Å². The first-order valence-electron chi connectivity index (χ1n) is 9.40. The fraction of sp³-hybridized carbons (Fsp3) is 0.368. The van der Waals surface area contributed by atoms with Crippen molar-refractivity contribution in [2.75, 3.05) is 20.2 Å². The molecule has 30 heavy (non-hydrogen) atoms. The number of rotatable bonds is 6. The predicted molar refractivity (Wildman–Crippen MR) is 103 cm³/mol. The number of benzene rings is 1. The summed E-state index contributed by atoms with van der Waals surface area (Å²) >= 11 is 0. The van der Waals surface area contributed by atoms with Crippen LogP contribution in [0.4, 0.5) is 4.39 Å². The molecule has 1 aliphatic heterocycles. The molecule has 158 valence electrons. The lowest BCUT2D eigenvalue weighted by Gasteiger charge is -2.31. The van der Waals surface area contributed by atoms with Gasteiger partial charge in [0.15, 0.2) is 0 Å². The SMILES string of the molecule is COc1ccc(F)cc1S(=O)(=O)N1CCC[C@H](Cc2nc(-c3cnccn3)no2)C1. The van der Waals surface area contributed by atoms with Crippen LogP contribution < -0.4 is 4.74 Å². The van der Waals surface area contributed by atoms with E-state index < -0.39 is 15.8 Å². The lowest BCUT2D eigenvalue weighted by molar-refractivity contribution is 0.246. The molecule has 1 aliphatic rings. The third-order valence-electron chi connectivity index (χ3n) is 4.95. The largest absolute Gasteiger partial charge is 0.495 e. The molecule has 4 rings (SSSR count). The van der Waals surface area contributed by atoms with Crippen molar-refractivity contribution in [3.63, 3.8) is 0 Å². The van der Waals surface area contributed by atoms with Crippen LogP contribution in [0.3, 0.4) is 0 Å². The summed E-state index contributed by atoms with van der Waals surface area (Å²) in [5, 5.41) is 3.92. The van der Waals surface area contributed by atoms with E-state index in [2.05, 4.69) is 20.1 Å². The van der Waals surface area contributed by atoms with Crippen molar-refractivity contribution in [3.8, 4) is 17.3 Å². The zero-order valence-electron chi connectivity index (χ0n) is 16.2. The van der Waals surface area contributed by atoms with Crippen molar-refractivity contribution in [1.82, 2.24) is 24.4 Å². The van der Waals surface area contributed by atoms with Gasteiger partial charge in [-0.25, -0.2) is 17.8 Å². The van der Waals surface area contributed by atoms with Gasteiger partial charge in [0.05, 0.1) is 13.3 Å². The molecule has 11 heteroatoms. The molecule has 0 amide bonds. The molecule has 0 N–H and O–H groups in total. The third-order valence-corrected chi connectivity index (χ3v) is 6.84. The predicted octanol–water partition coefficient (Wildman–Crippen LogP) is 2.32. The molecule has 9 nitrogen and oxygen atoms in total. The molecular formula is C19H20FN5O4S. The molecule has 1 atom stereocenters. The van der Waals surface area contributed by atoms with Gasteiger partial charge in [-0.2, -0.15) is 9.29 Å². The van der Waals surface area contributed by atoms with Gasteiger partial charge in [-0.05, 0) is 37.0 Å². The van der Waals surface area contributed by atoms with Crippen molar-refractivity contribution in [2.45, 2.75) is 24.2 Å². The van der Waals surface area contributed by atoms with E-state index in [4.69, 9.17) is 9.26 Å².